The molecule has 1 amide bonds. The van der Waals surface area contributed by atoms with Gasteiger partial charge in [-0.25, -0.2) is 13.1 Å². The van der Waals surface area contributed by atoms with Crippen molar-refractivity contribution in [3.05, 3.63) is 99.7 Å². The van der Waals surface area contributed by atoms with Crippen LogP contribution >= 0.6 is 0 Å². The Labute approximate surface area is 399 Å². The topological polar surface area (TPSA) is 203 Å². The predicted octanol–water partition coefficient (Wildman–Crippen LogP) is 6.76. The average molecular weight is 961 g/mol. The first kappa shape index (κ1) is 44.2. The molecule has 0 radical (unpaired) electrons. The van der Waals surface area contributed by atoms with Crippen molar-refractivity contribution in [1.82, 2.24) is 19.6 Å². The number of pyridine rings is 1. The van der Waals surface area contributed by atoms with Gasteiger partial charge in [0.25, 0.3) is 21.6 Å². The Morgan fingerprint density at radius 2 is 1.75 bits per heavy atom. The van der Waals surface area contributed by atoms with E-state index in [1.54, 1.807) is 12.3 Å². The number of amides is 1. The molecule has 6 aliphatic heterocycles. The lowest BCUT2D eigenvalue weighted by molar-refractivity contribution is -0.384. The summed E-state index contributed by atoms with van der Waals surface area (Å²) in [5.74, 6) is -0.567. The average Bonchev–Trinajstić information content (AvgIpc) is 4.04. The summed E-state index contributed by atoms with van der Waals surface area (Å²) < 4.78 is 60.5. The number of fused-ring (bicyclic) bond motifs is 4. The zero-order valence-electron chi connectivity index (χ0n) is 38.4. The largest absolute Gasteiger partial charge is 0.489 e. The molecule has 362 valence electrons. The van der Waals surface area contributed by atoms with E-state index in [0.717, 1.165) is 49.6 Å². The molecule has 1 aliphatic carbocycles. The molecule has 1 saturated carbocycles. The number of H-pyrrole nitrogens is 1. The van der Waals surface area contributed by atoms with Gasteiger partial charge in [0.2, 0.25) is 5.88 Å². The molecule has 4 saturated heterocycles. The molecule has 0 unspecified atom stereocenters. The van der Waals surface area contributed by atoms with Crippen molar-refractivity contribution in [2.45, 2.75) is 93.1 Å². The normalized spacial score (nSPS) is 25.7. The Hall–Kier alpha value is -5.99. The number of anilines is 4. The van der Waals surface area contributed by atoms with Crippen LogP contribution in [-0.2, 0) is 24.2 Å². The van der Waals surface area contributed by atoms with Gasteiger partial charge in [0, 0.05) is 61.2 Å². The van der Waals surface area contributed by atoms with Crippen molar-refractivity contribution in [3.63, 3.8) is 0 Å². The number of rotatable bonds is 9. The zero-order chi connectivity index (χ0) is 47.0. The first-order chi connectivity index (χ1) is 33.5. The van der Waals surface area contributed by atoms with Crippen LogP contribution < -0.4 is 29.3 Å². The number of sulfonamides is 1. The highest BCUT2D eigenvalue weighted by atomic mass is 32.2. The molecule has 12 rings (SSSR count). The highest BCUT2D eigenvalue weighted by Crippen LogP contribution is 2.55. The summed E-state index contributed by atoms with van der Waals surface area (Å²) in [6.07, 6.45) is 8.44. The number of carbonyl (C=O) groups is 1. The fourth-order valence-corrected chi connectivity index (χ4v) is 13.1. The molecule has 1 spiro atoms. The Morgan fingerprint density at radius 3 is 2.57 bits per heavy atom. The van der Waals surface area contributed by atoms with Crippen molar-refractivity contribution in [2.24, 2.45) is 5.41 Å². The Morgan fingerprint density at radius 1 is 0.928 bits per heavy atom. The quantitative estimate of drug-likeness (QED) is 0.103. The number of ether oxygens (including phenoxy) is 5. The standard InChI is InChI=1S/C50H56N8O10S/c1-30-5-2-3-6-35(30)38-7-4-15-56(38)33-25-50(26-33)12-16-55(17-13-50)32-8-9-36(40(22-32)57-39-11-18-64-29-45(39)68-49-42(57)21-31-10-14-51-47(31)53-49)48(59)54-69(62,63)34-23-41(58(60)61)46-43(24-34)67-27-37(52-46)44-28-65-19-20-66-44/h2-3,5-6,8-10,14,21-24,33,37-39,44-45,52H,4,7,11-13,15-20,25-29H2,1H3,(H,51,53)(H,54,59)/t37-,38+,39-,44-,45-/m1/s1. The fourth-order valence-electron chi connectivity index (χ4n) is 12.1. The molecule has 3 N–H and O–H groups in total. The van der Waals surface area contributed by atoms with Crippen LogP contribution in [0.3, 0.4) is 0 Å². The molecule has 8 heterocycles. The van der Waals surface area contributed by atoms with Crippen LogP contribution in [0.2, 0.25) is 0 Å². The molecule has 69 heavy (non-hydrogen) atoms. The minimum Gasteiger partial charge on any atom is -0.489 e. The molecule has 3 aromatic carbocycles. The van der Waals surface area contributed by atoms with Crippen molar-refractivity contribution < 1.29 is 41.8 Å². The number of aromatic amines is 1. The summed E-state index contributed by atoms with van der Waals surface area (Å²) in [7, 11) is -4.71. The van der Waals surface area contributed by atoms with Crippen molar-refractivity contribution in [1.29, 1.82) is 0 Å². The fraction of sp³-hybridized carbons (Fsp3) is 0.480. The number of nitro groups is 1. The van der Waals surface area contributed by atoms with E-state index in [4.69, 9.17) is 28.7 Å². The van der Waals surface area contributed by atoms with E-state index in [1.807, 2.05) is 24.3 Å². The SMILES string of the molecule is Cc1ccccc1[C@@H]1CCCN1C1CC2(CCN(c3ccc(C(=O)NS(=O)(=O)c4cc5c(c([N+](=O)[O-])c4)N[C@@H]([C@H]4COCCO4)CO5)c(N4c5cc6cc[nH]c6nc5O[C@@H]5COCC[C@H]54)c3)CC2)C1. The zero-order valence-corrected chi connectivity index (χ0v) is 39.2. The lowest BCUT2D eigenvalue weighted by atomic mass is 9.59. The van der Waals surface area contributed by atoms with Crippen LogP contribution in [0, 0.1) is 22.5 Å². The first-order valence-electron chi connectivity index (χ1n) is 24.2. The third kappa shape index (κ3) is 8.01. The number of nitrogens with zero attached hydrogens (tertiary/aromatic N) is 5. The summed E-state index contributed by atoms with van der Waals surface area (Å²) in [5, 5.41) is 16.4. The maximum absolute atomic E-state index is 14.7. The number of aryl methyl sites for hydroxylation is 1. The molecule has 5 atom stereocenters. The van der Waals surface area contributed by atoms with Crippen molar-refractivity contribution >= 4 is 55.4 Å². The molecular weight excluding hydrogens is 905 g/mol. The third-order valence-electron chi connectivity index (χ3n) is 15.8. The maximum atomic E-state index is 14.7. The summed E-state index contributed by atoms with van der Waals surface area (Å²) >= 11 is 0. The van der Waals surface area contributed by atoms with Crippen LogP contribution in [-0.4, -0.2) is 124 Å². The van der Waals surface area contributed by atoms with E-state index in [9.17, 15) is 23.3 Å². The van der Waals surface area contributed by atoms with Crippen LogP contribution in [0.1, 0.15) is 72.5 Å². The van der Waals surface area contributed by atoms with Gasteiger partial charge < -0.3 is 43.8 Å². The molecule has 2 aromatic heterocycles. The van der Waals surface area contributed by atoms with Crippen LogP contribution in [0.4, 0.5) is 28.4 Å². The number of nitro benzene ring substituents is 1. The van der Waals surface area contributed by atoms with Gasteiger partial charge in [-0.1, -0.05) is 24.3 Å². The smallest absolute Gasteiger partial charge is 0.297 e. The minimum absolute atomic E-state index is 0.0230. The highest BCUT2D eigenvalue weighted by Gasteiger charge is 2.50. The van der Waals surface area contributed by atoms with E-state index in [0.29, 0.717) is 67.8 Å². The number of hydrogen-bond acceptors (Lipinski definition) is 15. The van der Waals surface area contributed by atoms with Crippen molar-refractivity contribution in [2.75, 3.05) is 74.4 Å². The first-order valence-corrected chi connectivity index (χ1v) is 25.7. The number of benzene rings is 3. The van der Waals surface area contributed by atoms with Gasteiger partial charge in [0.1, 0.15) is 30.1 Å². The third-order valence-corrected chi connectivity index (χ3v) is 17.1. The monoisotopic (exact) mass is 960 g/mol. The van der Waals surface area contributed by atoms with E-state index < -0.39 is 49.7 Å². The Balaban J connectivity index is 0.845. The van der Waals surface area contributed by atoms with E-state index >= 15 is 0 Å². The van der Waals surface area contributed by atoms with Gasteiger partial charge in [-0.3, -0.25) is 19.8 Å². The number of nitrogens with one attached hydrogen (secondary N) is 3. The summed E-state index contributed by atoms with van der Waals surface area (Å²) in [5.41, 5.74) is 5.41. The summed E-state index contributed by atoms with van der Waals surface area (Å²) in [6.45, 7) is 6.96. The van der Waals surface area contributed by atoms with E-state index in [1.165, 1.54) is 42.9 Å². The highest BCUT2D eigenvalue weighted by molar-refractivity contribution is 7.90. The van der Waals surface area contributed by atoms with Gasteiger partial charge in [-0.05, 0) is 105 Å². The number of hydrogen-bond donors (Lipinski definition) is 3. The number of aromatic nitrogens is 2. The van der Waals surface area contributed by atoms with Gasteiger partial charge in [0.05, 0.1) is 59.6 Å². The molecule has 7 aliphatic rings. The Kier molecular flexibility index (Phi) is 11.2. The number of piperidine rings is 1. The maximum Gasteiger partial charge on any atom is 0.297 e. The van der Waals surface area contributed by atoms with Gasteiger partial charge in [-0.15, -0.1) is 0 Å². The predicted molar refractivity (Wildman–Crippen MR) is 256 cm³/mol. The number of carbonyl (C=O) groups excluding carboxylic acids is 1. The van der Waals surface area contributed by atoms with E-state index in [2.05, 4.69) is 60.9 Å². The molecule has 18 nitrogen and oxygen atoms in total. The summed E-state index contributed by atoms with van der Waals surface area (Å²) in [4.78, 5) is 41.3. The van der Waals surface area contributed by atoms with Crippen LogP contribution in [0.5, 0.6) is 11.6 Å². The van der Waals surface area contributed by atoms with Gasteiger partial charge in [-0.2, -0.15) is 4.98 Å². The van der Waals surface area contributed by atoms with Crippen molar-refractivity contribution in [3.8, 4) is 11.6 Å². The molecule has 5 fully saturated rings. The van der Waals surface area contributed by atoms with Gasteiger partial charge in [0.15, 0.2) is 11.4 Å². The lowest BCUT2D eigenvalue weighted by Crippen LogP contribution is -2.55. The second-order valence-electron chi connectivity index (χ2n) is 19.7. The number of likely N-dealkylation sites (tertiary alicyclic amines) is 1. The second-order valence-corrected chi connectivity index (χ2v) is 21.4. The van der Waals surface area contributed by atoms with Crippen LogP contribution in [0.15, 0.2) is 77.8 Å². The van der Waals surface area contributed by atoms with Crippen LogP contribution in [0.25, 0.3) is 11.0 Å². The molecule has 19 heteroatoms. The second kappa shape index (κ2) is 17.4. The molecular formula is C50H56N8O10S. The molecule has 5 aromatic rings. The summed E-state index contributed by atoms with van der Waals surface area (Å²) in [6, 6.07) is 20.7. The van der Waals surface area contributed by atoms with Gasteiger partial charge >= 0.3 is 0 Å². The minimum atomic E-state index is -4.71. The lowest BCUT2D eigenvalue weighted by Gasteiger charge is -2.56. The van der Waals surface area contributed by atoms with E-state index in [-0.39, 0.29) is 41.7 Å². The molecule has 0 bridgehead atoms. The Bertz CT molecular complexity index is 2930.